The van der Waals surface area contributed by atoms with Gasteiger partial charge in [-0.3, -0.25) is 0 Å². The van der Waals surface area contributed by atoms with Gasteiger partial charge in [0.05, 0.1) is 18.8 Å². The standard InChI is InChI=1S/C13H17NO2/c1-13(8-14-9-13)16-7-10-2-3-12-11(6-10)4-5-15-12/h2-3,6,14H,4-5,7-9H2,1H3. The van der Waals surface area contributed by atoms with Crippen molar-refractivity contribution in [2.24, 2.45) is 0 Å². The van der Waals surface area contributed by atoms with Crippen LogP contribution in [0.5, 0.6) is 5.75 Å². The Balaban J connectivity index is 1.66. The number of rotatable bonds is 3. The average Bonchev–Trinajstić information content (AvgIpc) is 2.70. The highest BCUT2D eigenvalue weighted by atomic mass is 16.5. The Hall–Kier alpha value is -1.06. The lowest BCUT2D eigenvalue weighted by molar-refractivity contribution is -0.0767. The van der Waals surface area contributed by atoms with Crippen molar-refractivity contribution < 1.29 is 9.47 Å². The van der Waals surface area contributed by atoms with Gasteiger partial charge in [-0.2, -0.15) is 0 Å². The lowest BCUT2D eigenvalue weighted by atomic mass is 10.00. The number of nitrogens with one attached hydrogen (secondary N) is 1. The molecule has 0 bridgehead atoms. The quantitative estimate of drug-likeness (QED) is 0.835. The van der Waals surface area contributed by atoms with Gasteiger partial charge in [-0.15, -0.1) is 0 Å². The monoisotopic (exact) mass is 219 g/mol. The molecule has 0 radical (unpaired) electrons. The lowest BCUT2D eigenvalue weighted by Gasteiger charge is -2.39. The molecular formula is C13H17NO2. The minimum absolute atomic E-state index is 0.0372. The zero-order valence-corrected chi connectivity index (χ0v) is 9.58. The number of hydrogen-bond acceptors (Lipinski definition) is 3. The van der Waals surface area contributed by atoms with Crippen LogP contribution in [0.2, 0.25) is 0 Å². The fourth-order valence-electron chi connectivity index (χ4n) is 2.17. The summed E-state index contributed by atoms with van der Waals surface area (Å²) < 4.78 is 11.4. The maximum absolute atomic E-state index is 5.91. The molecule has 0 unspecified atom stereocenters. The first-order valence-electron chi connectivity index (χ1n) is 5.84. The molecule has 1 aromatic carbocycles. The Labute approximate surface area is 95.8 Å². The maximum atomic E-state index is 5.91. The van der Waals surface area contributed by atoms with Gasteiger partial charge in [-0.1, -0.05) is 6.07 Å². The van der Waals surface area contributed by atoms with E-state index in [1.165, 1.54) is 11.1 Å². The zero-order valence-electron chi connectivity index (χ0n) is 9.58. The van der Waals surface area contributed by atoms with E-state index in [2.05, 4.69) is 30.4 Å². The summed E-state index contributed by atoms with van der Waals surface area (Å²) in [6.07, 6.45) is 1.03. The molecule has 3 heteroatoms. The van der Waals surface area contributed by atoms with Crippen molar-refractivity contribution in [3.05, 3.63) is 29.3 Å². The summed E-state index contributed by atoms with van der Waals surface area (Å²) in [7, 11) is 0. The second-order valence-corrected chi connectivity index (χ2v) is 4.88. The predicted molar refractivity (Wildman–Crippen MR) is 61.7 cm³/mol. The second-order valence-electron chi connectivity index (χ2n) is 4.88. The van der Waals surface area contributed by atoms with Crippen LogP contribution in [-0.4, -0.2) is 25.3 Å². The first-order chi connectivity index (χ1) is 7.75. The Morgan fingerprint density at radius 1 is 1.44 bits per heavy atom. The van der Waals surface area contributed by atoms with Crippen molar-refractivity contribution in [1.82, 2.24) is 5.32 Å². The molecule has 0 saturated carbocycles. The Morgan fingerprint density at radius 2 is 2.31 bits per heavy atom. The van der Waals surface area contributed by atoms with Crippen molar-refractivity contribution >= 4 is 0 Å². The van der Waals surface area contributed by atoms with Gasteiger partial charge in [-0.25, -0.2) is 0 Å². The van der Waals surface area contributed by atoms with Gasteiger partial charge in [0, 0.05) is 19.5 Å². The topological polar surface area (TPSA) is 30.5 Å². The van der Waals surface area contributed by atoms with Crippen LogP contribution in [0.25, 0.3) is 0 Å². The molecule has 2 aliphatic rings. The van der Waals surface area contributed by atoms with Crippen molar-refractivity contribution in [3.8, 4) is 5.75 Å². The molecule has 0 amide bonds. The molecule has 0 aromatic heterocycles. The van der Waals surface area contributed by atoms with E-state index < -0.39 is 0 Å². The molecule has 0 atom stereocenters. The summed E-state index contributed by atoms with van der Waals surface area (Å²) >= 11 is 0. The van der Waals surface area contributed by atoms with E-state index in [1.807, 2.05) is 0 Å². The summed E-state index contributed by atoms with van der Waals surface area (Å²) in [5.41, 5.74) is 2.60. The molecule has 2 heterocycles. The maximum Gasteiger partial charge on any atom is 0.122 e. The van der Waals surface area contributed by atoms with E-state index in [-0.39, 0.29) is 5.60 Å². The summed E-state index contributed by atoms with van der Waals surface area (Å²) in [5, 5.41) is 3.23. The molecule has 1 aromatic rings. The first kappa shape index (κ1) is 10.1. The number of benzene rings is 1. The average molecular weight is 219 g/mol. The molecule has 2 aliphatic heterocycles. The van der Waals surface area contributed by atoms with Crippen LogP contribution in [0.3, 0.4) is 0 Å². The summed E-state index contributed by atoms with van der Waals surface area (Å²) in [5.74, 6) is 1.04. The highest BCUT2D eigenvalue weighted by Gasteiger charge is 2.32. The largest absolute Gasteiger partial charge is 0.493 e. The summed E-state index contributed by atoms with van der Waals surface area (Å²) in [4.78, 5) is 0. The van der Waals surface area contributed by atoms with E-state index >= 15 is 0 Å². The number of hydrogen-bond donors (Lipinski definition) is 1. The van der Waals surface area contributed by atoms with Crippen LogP contribution in [0.15, 0.2) is 18.2 Å². The smallest absolute Gasteiger partial charge is 0.122 e. The molecule has 86 valence electrons. The highest BCUT2D eigenvalue weighted by molar-refractivity contribution is 5.39. The normalized spacial score (nSPS) is 21.1. The van der Waals surface area contributed by atoms with E-state index in [9.17, 15) is 0 Å². The summed E-state index contributed by atoms with van der Waals surface area (Å²) in [6, 6.07) is 6.36. The molecule has 3 nitrogen and oxygen atoms in total. The Bertz CT molecular complexity index is 399. The van der Waals surface area contributed by atoms with Crippen LogP contribution in [-0.2, 0) is 17.8 Å². The molecule has 0 aliphatic carbocycles. The van der Waals surface area contributed by atoms with Gasteiger partial charge in [0.15, 0.2) is 0 Å². The zero-order chi connectivity index (χ0) is 11.0. The highest BCUT2D eigenvalue weighted by Crippen LogP contribution is 2.27. The van der Waals surface area contributed by atoms with Crippen molar-refractivity contribution in [1.29, 1.82) is 0 Å². The van der Waals surface area contributed by atoms with Crippen molar-refractivity contribution in [2.45, 2.75) is 25.6 Å². The summed E-state index contributed by atoms with van der Waals surface area (Å²) in [6.45, 7) is 5.59. The van der Waals surface area contributed by atoms with Crippen LogP contribution >= 0.6 is 0 Å². The number of ether oxygens (including phenoxy) is 2. The van der Waals surface area contributed by atoms with Gasteiger partial charge >= 0.3 is 0 Å². The van der Waals surface area contributed by atoms with E-state index in [1.54, 1.807) is 0 Å². The number of fused-ring (bicyclic) bond motifs is 1. The van der Waals surface area contributed by atoms with Crippen molar-refractivity contribution in [3.63, 3.8) is 0 Å². The van der Waals surface area contributed by atoms with Crippen LogP contribution in [0, 0.1) is 0 Å². The minimum Gasteiger partial charge on any atom is -0.493 e. The molecule has 1 saturated heterocycles. The third kappa shape index (κ3) is 1.81. The van der Waals surface area contributed by atoms with Gasteiger partial charge in [0.25, 0.3) is 0 Å². The molecule has 3 rings (SSSR count). The Morgan fingerprint density at radius 3 is 3.06 bits per heavy atom. The van der Waals surface area contributed by atoms with Gasteiger partial charge in [0.2, 0.25) is 0 Å². The van der Waals surface area contributed by atoms with E-state index in [0.29, 0.717) is 6.61 Å². The SMILES string of the molecule is CC1(OCc2ccc3c(c2)CCO3)CNC1. The van der Waals surface area contributed by atoms with Crippen molar-refractivity contribution in [2.75, 3.05) is 19.7 Å². The third-order valence-corrected chi connectivity index (χ3v) is 3.34. The molecule has 1 N–H and O–H groups in total. The van der Waals surface area contributed by atoms with Gasteiger partial charge < -0.3 is 14.8 Å². The van der Waals surface area contributed by atoms with Gasteiger partial charge in [0.1, 0.15) is 5.75 Å². The predicted octanol–water partition coefficient (Wildman–Crippen LogP) is 1.50. The fourth-order valence-corrected chi connectivity index (χ4v) is 2.17. The molecule has 1 fully saturated rings. The van der Waals surface area contributed by atoms with Gasteiger partial charge in [-0.05, 0) is 30.2 Å². The molecule has 0 spiro atoms. The van der Waals surface area contributed by atoms with Crippen LogP contribution < -0.4 is 10.1 Å². The van der Waals surface area contributed by atoms with E-state index in [0.717, 1.165) is 31.9 Å². The first-order valence-corrected chi connectivity index (χ1v) is 5.84. The third-order valence-electron chi connectivity index (χ3n) is 3.34. The lowest BCUT2D eigenvalue weighted by Crippen LogP contribution is -2.58. The van der Waals surface area contributed by atoms with Crippen LogP contribution in [0.1, 0.15) is 18.1 Å². The minimum atomic E-state index is 0.0372. The van der Waals surface area contributed by atoms with Crippen LogP contribution in [0.4, 0.5) is 0 Å². The fraction of sp³-hybridized carbons (Fsp3) is 0.538. The molecule has 16 heavy (non-hydrogen) atoms. The molecular weight excluding hydrogens is 202 g/mol. The van der Waals surface area contributed by atoms with E-state index in [4.69, 9.17) is 9.47 Å². The Kier molecular flexibility index (Phi) is 2.37. The second kappa shape index (κ2) is 3.75.